The molecule has 0 bridgehead atoms. The summed E-state index contributed by atoms with van der Waals surface area (Å²) in [5.41, 5.74) is 4.35. The second-order valence-electron chi connectivity index (χ2n) is 5.51. The molecule has 0 saturated carbocycles. The molecule has 2 aromatic heterocycles. The van der Waals surface area contributed by atoms with Crippen molar-refractivity contribution in [1.82, 2.24) is 9.38 Å². The number of nitrogens with one attached hydrogen (secondary N) is 1. The molecule has 2 aromatic carbocycles. The normalized spacial score (nSPS) is 14.0. The monoisotopic (exact) mass is 290 g/mol. The predicted molar refractivity (Wildman–Crippen MR) is 86.9 cm³/mol. The van der Waals surface area contributed by atoms with Crippen LogP contribution < -0.4 is 15.4 Å². The van der Waals surface area contributed by atoms with Crippen LogP contribution in [-0.4, -0.2) is 29.6 Å². The molecule has 3 heterocycles. The van der Waals surface area contributed by atoms with E-state index in [0.717, 1.165) is 57.2 Å². The van der Waals surface area contributed by atoms with Crippen molar-refractivity contribution < 1.29 is 4.74 Å². The summed E-state index contributed by atoms with van der Waals surface area (Å²) >= 11 is 0. The average molecular weight is 290 g/mol. The number of imidazole rings is 1. The van der Waals surface area contributed by atoms with E-state index in [0.29, 0.717) is 0 Å². The minimum Gasteiger partial charge on any atom is -0.497 e. The largest absolute Gasteiger partial charge is 0.497 e. The third-order valence-electron chi connectivity index (χ3n) is 4.36. The summed E-state index contributed by atoms with van der Waals surface area (Å²) in [6.45, 7) is 1.60. The van der Waals surface area contributed by atoms with Crippen LogP contribution in [0, 0.1) is 0 Å². The highest BCUT2D eigenvalue weighted by Crippen LogP contribution is 2.30. The molecular weight excluding hydrogens is 276 g/mol. The average Bonchev–Trinajstić information content (AvgIpc) is 2.87. The van der Waals surface area contributed by atoms with E-state index >= 15 is 0 Å². The Hall–Kier alpha value is -2.82. The van der Waals surface area contributed by atoms with Gasteiger partial charge in [0.1, 0.15) is 12.1 Å². The van der Waals surface area contributed by atoms with E-state index in [-0.39, 0.29) is 0 Å². The van der Waals surface area contributed by atoms with Gasteiger partial charge >= 0.3 is 0 Å². The lowest BCUT2D eigenvalue weighted by Crippen LogP contribution is -2.09. The van der Waals surface area contributed by atoms with E-state index in [9.17, 15) is 0 Å². The highest BCUT2D eigenvalue weighted by molar-refractivity contribution is 6.07. The van der Waals surface area contributed by atoms with Crippen LogP contribution in [0.3, 0.4) is 0 Å². The Morgan fingerprint density at radius 3 is 3.09 bits per heavy atom. The molecular formula is C17H14N4O. The molecule has 5 nitrogen and oxygen atoms in total. The molecule has 0 amide bonds. The fourth-order valence-electron chi connectivity index (χ4n) is 3.37. The van der Waals surface area contributed by atoms with Gasteiger partial charge in [-0.1, -0.05) is 0 Å². The van der Waals surface area contributed by atoms with Crippen LogP contribution in [0.2, 0.25) is 0 Å². The van der Waals surface area contributed by atoms with Crippen LogP contribution in [0.25, 0.3) is 27.3 Å². The van der Waals surface area contributed by atoms with Gasteiger partial charge in [0.05, 0.1) is 35.6 Å². The van der Waals surface area contributed by atoms with Crippen molar-refractivity contribution in [1.29, 1.82) is 0 Å². The minimum atomic E-state index is 0.760. The lowest BCUT2D eigenvalue weighted by molar-refractivity contribution is 0.415. The van der Waals surface area contributed by atoms with E-state index in [1.165, 1.54) is 0 Å². The van der Waals surface area contributed by atoms with E-state index in [1.54, 1.807) is 7.11 Å². The van der Waals surface area contributed by atoms with Crippen LogP contribution in [-0.2, 0) is 0 Å². The molecule has 0 atom stereocenters. The van der Waals surface area contributed by atoms with E-state index in [2.05, 4.69) is 39.0 Å². The number of aromatic nitrogens is 2. The van der Waals surface area contributed by atoms with Gasteiger partial charge in [-0.05, 0) is 30.3 Å². The lowest BCUT2D eigenvalue weighted by Gasteiger charge is -2.11. The molecule has 0 fully saturated rings. The summed E-state index contributed by atoms with van der Waals surface area (Å²) in [6, 6.07) is 10.3. The zero-order chi connectivity index (χ0) is 14.7. The van der Waals surface area contributed by atoms with Crippen molar-refractivity contribution >= 4 is 33.0 Å². The first kappa shape index (κ1) is 11.8. The minimum absolute atomic E-state index is 0.760. The number of hydrogen-bond acceptors (Lipinski definition) is 4. The predicted octanol–water partition coefficient (Wildman–Crippen LogP) is 2.41. The summed E-state index contributed by atoms with van der Waals surface area (Å²) in [7, 11) is 1.69. The number of benzene rings is 2. The van der Waals surface area contributed by atoms with Gasteiger partial charge in [0.15, 0.2) is 0 Å². The number of methoxy groups -OCH3 is 1. The van der Waals surface area contributed by atoms with Crippen LogP contribution in [0.15, 0.2) is 41.7 Å². The van der Waals surface area contributed by atoms with Crippen molar-refractivity contribution in [2.24, 2.45) is 4.99 Å². The zero-order valence-corrected chi connectivity index (χ0v) is 12.1. The first-order valence-corrected chi connectivity index (χ1v) is 7.34. The van der Waals surface area contributed by atoms with Gasteiger partial charge in [-0.25, -0.2) is 4.98 Å². The maximum absolute atomic E-state index is 5.40. The van der Waals surface area contributed by atoms with Crippen LogP contribution in [0.1, 0.15) is 0 Å². The van der Waals surface area contributed by atoms with Crippen molar-refractivity contribution in [2.75, 3.05) is 25.5 Å². The van der Waals surface area contributed by atoms with Crippen LogP contribution >= 0.6 is 0 Å². The van der Waals surface area contributed by atoms with Crippen molar-refractivity contribution in [3.8, 4) is 5.75 Å². The third kappa shape index (κ3) is 1.38. The number of hydrogen-bond donors (Lipinski definition) is 1. The highest BCUT2D eigenvalue weighted by Gasteiger charge is 2.16. The molecule has 0 saturated heterocycles. The molecule has 0 spiro atoms. The Morgan fingerprint density at radius 1 is 1.23 bits per heavy atom. The molecule has 5 rings (SSSR count). The lowest BCUT2D eigenvalue weighted by atomic mass is 10.1. The van der Waals surface area contributed by atoms with E-state index in [1.807, 2.05) is 12.4 Å². The number of anilines is 1. The molecule has 1 N–H and O–H groups in total. The summed E-state index contributed by atoms with van der Waals surface area (Å²) in [6.07, 6.45) is 1.89. The summed E-state index contributed by atoms with van der Waals surface area (Å²) in [5, 5.41) is 6.75. The van der Waals surface area contributed by atoms with Gasteiger partial charge in [0.2, 0.25) is 0 Å². The fourth-order valence-corrected chi connectivity index (χ4v) is 3.37. The second-order valence-corrected chi connectivity index (χ2v) is 5.51. The van der Waals surface area contributed by atoms with Gasteiger partial charge in [-0.15, -0.1) is 0 Å². The first-order valence-electron chi connectivity index (χ1n) is 7.34. The number of rotatable bonds is 1. The van der Waals surface area contributed by atoms with E-state index in [4.69, 9.17) is 9.73 Å². The standard InChI is InChI=1S/C17H14N4O/c1-22-10-2-5-14-11(8-10)16-15-12(18-6-7-19-16)3-4-13-17(15)21(14)9-20-13/h2-5,8-9,18H,6-7H2,1H3. The molecule has 1 aliphatic heterocycles. The number of fused-ring (bicyclic) bond motifs is 3. The Morgan fingerprint density at radius 2 is 2.18 bits per heavy atom. The van der Waals surface area contributed by atoms with E-state index < -0.39 is 0 Å². The Balaban J connectivity index is 2.16. The highest BCUT2D eigenvalue weighted by atomic mass is 16.5. The summed E-state index contributed by atoms with van der Waals surface area (Å²) in [4.78, 5) is 9.38. The second kappa shape index (κ2) is 4.10. The Kier molecular flexibility index (Phi) is 2.20. The molecule has 22 heavy (non-hydrogen) atoms. The Bertz CT molecular complexity index is 1100. The quantitative estimate of drug-likeness (QED) is 0.548. The Labute approximate surface area is 126 Å². The van der Waals surface area contributed by atoms with Gasteiger partial charge in [-0.3, -0.25) is 9.39 Å². The zero-order valence-electron chi connectivity index (χ0n) is 12.1. The maximum atomic E-state index is 5.40. The van der Waals surface area contributed by atoms with Crippen molar-refractivity contribution in [3.63, 3.8) is 0 Å². The molecule has 5 heteroatoms. The van der Waals surface area contributed by atoms with Crippen LogP contribution in [0.4, 0.5) is 5.69 Å². The number of ether oxygens (including phenoxy) is 1. The summed E-state index contributed by atoms with van der Waals surface area (Å²) < 4.78 is 7.55. The van der Waals surface area contributed by atoms with Gasteiger partial charge < -0.3 is 10.1 Å². The molecule has 1 aliphatic rings. The van der Waals surface area contributed by atoms with Crippen molar-refractivity contribution in [2.45, 2.75) is 0 Å². The smallest absolute Gasteiger partial charge is 0.119 e. The van der Waals surface area contributed by atoms with Gasteiger partial charge in [0, 0.05) is 23.0 Å². The molecule has 0 unspecified atom stereocenters. The third-order valence-corrected chi connectivity index (χ3v) is 4.36. The number of pyridine rings is 1. The molecule has 4 aromatic rings. The van der Waals surface area contributed by atoms with Crippen molar-refractivity contribution in [3.05, 3.63) is 42.0 Å². The molecule has 0 aliphatic carbocycles. The van der Waals surface area contributed by atoms with Crippen LogP contribution in [0.5, 0.6) is 5.75 Å². The SMILES string of the molecule is COc1ccc2c(c1)c1c3c(ccc4ncn2c43)NCCN=1. The van der Waals surface area contributed by atoms with Gasteiger partial charge in [-0.2, -0.15) is 0 Å². The topological polar surface area (TPSA) is 50.9 Å². The first-order chi connectivity index (χ1) is 10.9. The molecule has 0 radical (unpaired) electrons. The number of nitrogens with zero attached hydrogens (tertiary/aromatic N) is 3. The van der Waals surface area contributed by atoms with Gasteiger partial charge in [0.25, 0.3) is 0 Å². The molecule has 108 valence electrons. The summed E-state index contributed by atoms with van der Waals surface area (Å²) in [5.74, 6) is 0.843. The fraction of sp³-hybridized carbons (Fsp3) is 0.176. The maximum Gasteiger partial charge on any atom is 0.119 e.